The first-order valence-corrected chi connectivity index (χ1v) is 5.77. The minimum absolute atomic E-state index is 0.846. The molecular formula is C15H14N2. The summed E-state index contributed by atoms with van der Waals surface area (Å²) < 4.78 is 0. The van der Waals surface area contributed by atoms with Gasteiger partial charge in [-0.25, -0.2) is 0 Å². The molecule has 84 valence electrons. The van der Waals surface area contributed by atoms with Crippen LogP contribution in [0.2, 0.25) is 0 Å². The van der Waals surface area contributed by atoms with Crippen LogP contribution >= 0.6 is 0 Å². The van der Waals surface area contributed by atoms with Crippen molar-refractivity contribution < 1.29 is 0 Å². The summed E-state index contributed by atoms with van der Waals surface area (Å²) in [5.74, 6) is 0. The Hall–Kier alpha value is -2.22. The molecular weight excluding hydrogens is 208 g/mol. The Kier molecular flexibility index (Phi) is 2.54. The number of anilines is 1. The summed E-state index contributed by atoms with van der Waals surface area (Å²) in [5, 5.41) is 4.66. The fraction of sp³-hybridized carbons (Fsp3) is 0.0667. The molecule has 0 aliphatic heterocycles. The maximum absolute atomic E-state index is 3.40. The molecule has 2 nitrogen and oxygen atoms in total. The lowest BCUT2D eigenvalue weighted by molar-refractivity contribution is 1.15. The van der Waals surface area contributed by atoms with E-state index >= 15 is 0 Å². The van der Waals surface area contributed by atoms with E-state index in [-0.39, 0.29) is 0 Å². The predicted octanol–water partition coefficient (Wildman–Crippen LogP) is 3.78. The fourth-order valence-electron chi connectivity index (χ4n) is 1.97. The molecule has 0 saturated heterocycles. The van der Waals surface area contributed by atoms with Gasteiger partial charge in [0.2, 0.25) is 0 Å². The number of H-pyrrole nitrogens is 1. The molecule has 2 aromatic carbocycles. The van der Waals surface area contributed by atoms with E-state index in [1.165, 1.54) is 16.5 Å². The van der Waals surface area contributed by atoms with E-state index in [0.717, 1.165) is 12.2 Å². The van der Waals surface area contributed by atoms with Crippen LogP contribution in [0.1, 0.15) is 5.56 Å². The summed E-state index contributed by atoms with van der Waals surface area (Å²) in [6.45, 7) is 0.846. The maximum atomic E-state index is 3.40. The highest BCUT2D eigenvalue weighted by atomic mass is 14.9. The molecule has 0 atom stereocenters. The van der Waals surface area contributed by atoms with Crippen molar-refractivity contribution in [3.63, 3.8) is 0 Å². The summed E-state index contributed by atoms with van der Waals surface area (Å²) in [4.78, 5) is 3.23. The van der Waals surface area contributed by atoms with E-state index < -0.39 is 0 Å². The van der Waals surface area contributed by atoms with Crippen molar-refractivity contribution in [1.29, 1.82) is 0 Å². The molecule has 1 heterocycles. The third kappa shape index (κ3) is 2.16. The molecule has 1 aromatic heterocycles. The van der Waals surface area contributed by atoms with Gasteiger partial charge in [-0.2, -0.15) is 0 Å². The van der Waals surface area contributed by atoms with Gasteiger partial charge >= 0.3 is 0 Å². The van der Waals surface area contributed by atoms with E-state index in [0.29, 0.717) is 0 Å². The summed E-state index contributed by atoms with van der Waals surface area (Å²) in [6.07, 6.45) is 1.97. The Bertz CT molecular complexity index is 611. The van der Waals surface area contributed by atoms with Crippen molar-refractivity contribution in [3.05, 3.63) is 66.4 Å². The lowest BCUT2D eigenvalue weighted by Gasteiger charge is -2.06. The lowest BCUT2D eigenvalue weighted by Crippen LogP contribution is -1.98. The van der Waals surface area contributed by atoms with E-state index in [1.807, 2.05) is 24.4 Å². The summed E-state index contributed by atoms with van der Waals surface area (Å²) in [5.41, 5.74) is 3.63. The third-order valence-electron chi connectivity index (χ3n) is 2.89. The van der Waals surface area contributed by atoms with E-state index in [4.69, 9.17) is 0 Å². The van der Waals surface area contributed by atoms with E-state index in [1.54, 1.807) is 0 Å². The molecule has 0 fully saturated rings. The summed E-state index contributed by atoms with van der Waals surface area (Å²) >= 11 is 0. The second-order valence-electron chi connectivity index (χ2n) is 4.12. The number of benzene rings is 2. The Labute approximate surface area is 100 Å². The van der Waals surface area contributed by atoms with Crippen LogP contribution in [0.15, 0.2) is 60.8 Å². The topological polar surface area (TPSA) is 27.8 Å². The number of hydrogen-bond acceptors (Lipinski definition) is 1. The molecule has 0 radical (unpaired) electrons. The van der Waals surface area contributed by atoms with E-state index in [9.17, 15) is 0 Å². The zero-order valence-corrected chi connectivity index (χ0v) is 9.48. The van der Waals surface area contributed by atoms with Gasteiger partial charge in [-0.05, 0) is 35.2 Å². The number of para-hydroxylation sites is 1. The van der Waals surface area contributed by atoms with Crippen molar-refractivity contribution in [3.8, 4) is 0 Å². The molecule has 0 unspecified atom stereocenters. The SMILES string of the molecule is c1ccc(NCc2ccc3cc[nH]c3c2)cc1. The molecule has 0 spiro atoms. The average molecular weight is 222 g/mol. The van der Waals surface area contributed by atoms with Gasteiger partial charge in [0.05, 0.1) is 0 Å². The first-order chi connectivity index (χ1) is 8.42. The standard InChI is InChI=1S/C15H14N2/c1-2-4-14(5-3-1)17-11-12-6-7-13-8-9-16-15(13)10-12/h1-10,16-17H,11H2. The zero-order chi connectivity index (χ0) is 11.5. The first kappa shape index (κ1) is 9.97. The van der Waals surface area contributed by atoms with Crippen molar-refractivity contribution in [2.45, 2.75) is 6.54 Å². The molecule has 0 bridgehead atoms. The van der Waals surface area contributed by atoms with Crippen LogP contribution in [0.3, 0.4) is 0 Å². The number of hydrogen-bond donors (Lipinski definition) is 2. The van der Waals surface area contributed by atoms with Crippen molar-refractivity contribution in [2.24, 2.45) is 0 Å². The minimum Gasteiger partial charge on any atom is -0.381 e. The van der Waals surface area contributed by atoms with E-state index in [2.05, 4.69) is 46.7 Å². The Morgan fingerprint density at radius 3 is 2.71 bits per heavy atom. The van der Waals surface area contributed by atoms with Gasteiger partial charge in [0.15, 0.2) is 0 Å². The van der Waals surface area contributed by atoms with Crippen molar-refractivity contribution in [1.82, 2.24) is 4.98 Å². The van der Waals surface area contributed by atoms with Gasteiger partial charge in [0, 0.05) is 23.9 Å². The van der Waals surface area contributed by atoms with Crippen LogP contribution in [-0.4, -0.2) is 4.98 Å². The van der Waals surface area contributed by atoms with Gasteiger partial charge in [-0.1, -0.05) is 30.3 Å². The van der Waals surface area contributed by atoms with Gasteiger partial charge < -0.3 is 10.3 Å². The Morgan fingerprint density at radius 1 is 0.941 bits per heavy atom. The van der Waals surface area contributed by atoms with Crippen LogP contribution in [-0.2, 0) is 6.54 Å². The molecule has 0 saturated carbocycles. The molecule has 3 rings (SSSR count). The third-order valence-corrected chi connectivity index (χ3v) is 2.89. The minimum atomic E-state index is 0.846. The molecule has 3 aromatic rings. The smallest absolute Gasteiger partial charge is 0.0457 e. The summed E-state index contributed by atoms with van der Waals surface area (Å²) in [6, 6.07) is 18.8. The average Bonchev–Trinajstić information content (AvgIpc) is 2.85. The van der Waals surface area contributed by atoms with Crippen LogP contribution in [0, 0.1) is 0 Å². The normalized spacial score (nSPS) is 10.6. The number of aromatic nitrogens is 1. The molecule has 2 N–H and O–H groups in total. The lowest BCUT2D eigenvalue weighted by atomic mass is 10.1. The Morgan fingerprint density at radius 2 is 1.82 bits per heavy atom. The second kappa shape index (κ2) is 4.34. The number of rotatable bonds is 3. The first-order valence-electron chi connectivity index (χ1n) is 5.77. The molecule has 17 heavy (non-hydrogen) atoms. The number of nitrogens with one attached hydrogen (secondary N) is 2. The van der Waals surface area contributed by atoms with Crippen LogP contribution in [0.4, 0.5) is 5.69 Å². The highest BCUT2D eigenvalue weighted by Gasteiger charge is 1.97. The maximum Gasteiger partial charge on any atom is 0.0457 e. The van der Waals surface area contributed by atoms with Crippen molar-refractivity contribution in [2.75, 3.05) is 5.32 Å². The van der Waals surface area contributed by atoms with Gasteiger partial charge in [0.25, 0.3) is 0 Å². The molecule has 0 aliphatic rings. The van der Waals surface area contributed by atoms with Gasteiger partial charge in [-0.15, -0.1) is 0 Å². The van der Waals surface area contributed by atoms with Crippen molar-refractivity contribution >= 4 is 16.6 Å². The second-order valence-corrected chi connectivity index (χ2v) is 4.12. The number of aromatic amines is 1. The van der Waals surface area contributed by atoms with Crippen LogP contribution in [0.5, 0.6) is 0 Å². The predicted molar refractivity (Wildman–Crippen MR) is 72.1 cm³/mol. The quantitative estimate of drug-likeness (QED) is 0.693. The summed E-state index contributed by atoms with van der Waals surface area (Å²) in [7, 11) is 0. The van der Waals surface area contributed by atoms with Gasteiger partial charge in [0.1, 0.15) is 0 Å². The molecule has 0 amide bonds. The molecule has 2 heteroatoms. The largest absolute Gasteiger partial charge is 0.381 e. The van der Waals surface area contributed by atoms with Crippen LogP contribution < -0.4 is 5.32 Å². The highest BCUT2D eigenvalue weighted by Crippen LogP contribution is 2.15. The number of fused-ring (bicyclic) bond motifs is 1. The van der Waals surface area contributed by atoms with Gasteiger partial charge in [-0.3, -0.25) is 0 Å². The van der Waals surface area contributed by atoms with Crippen LogP contribution in [0.25, 0.3) is 10.9 Å². The monoisotopic (exact) mass is 222 g/mol. The molecule has 0 aliphatic carbocycles. The fourth-order valence-corrected chi connectivity index (χ4v) is 1.97. The highest BCUT2D eigenvalue weighted by molar-refractivity contribution is 5.79. The zero-order valence-electron chi connectivity index (χ0n) is 9.48. The Balaban J connectivity index is 1.76.